The van der Waals surface area contributed by atoms with Crippen molar-refractivity contribution in [2.45, 2.75) is 39.0 Å². The van der Waals surface area contributed by atoms with E-state index in [1.54, 1.807) is 14.0 Å². The lowest BCUT2D eigenvalue weighted by Crippen LogP contribution is -1.99. The highest BCUT2D eigenvalue weighted by molar-refractivity contribution is 5.75. The summed E-state index contributed by atoms with van der Waals surface area (Å²) in [6.07, 6.45) is 1.77. The summed E-state index contributed by atoms with van der Waals surface area (Å²) in [5.41, 5.74) is 1.19. The summed E-state index contributed by atoms with van der Waals surface area (Å²) in [4.78, 5) is 11.0. The molecule has 0 aliphatic rings. The van der Waals surface area contributed by atoms with Crippen molar-refractivity contribution in [1.82, 2.24) is 10.2 Å². The zero-order chi connectivity index (χ0) is 15.2. The molecule has 0 amide bonds. The summed E-state index contributed by atoms with van der Waals surface area (Å²) in [5, 5.41) is 8.06. The van der Waals surface area contributed by atoms with Crippen LogP contribution in [0.25, 0.3) is 0 Å². The van der Waals surface area contributed by atoms with E-state index in [2.05, 4.69) is 10.2 Å². The van der Waals surface area contributed by atoms with E-state index in [0.717, 1.165) is 12.2 Å². The average Bonchev–Trinajstić information content (AvgIpc) is 2.95. The summed E-state index contributed by atoms with van der Waals surface area (Å²) in [5.74, 6) is 2.25. The first-order chi connectivity index (χ1) is 10.1. The molecular weight excluding hydrogens is 268 g/mol. The van der Waals surface area contributed by atoms with Crippen LogP contribution in [0.4, 0.5) is 0 Å². The van der Waals surface area contributed by atoms with Crippen LogP contribution in [0, 0.1) is 0 Å². The summed E-state index contributed by atoms with van der Waals surface area (Å²) in [6, 6.07) is 7.94. The lowest BCUT2D eigenvalue weighted by Gasteiger charge is -2.07. The molecule has 0 bridgehead atoms. The molecule has 5 heteroatoms. The third kappa shape index (κ3) is 4.41. The molecular formula is C16H20N2O3. The maximum Gasteiger partial charge on any atom is 0.219 e. The second-order valence-corrected chi connectivity index (χ2v) is 5.19. The Balaban J connectivity index is 1.95. The molecule has 0 fully saturated rings. The van der Waals surface area contributed by atoms with Gasteiger partial charge >= 0.3 is 0 Å². The van der Waals surface area contributed by atoms with Crippen LogP contribution in [0.1, 0.15) is 43.5 Å². The summed E-state index contributed by atoms with van der Waals surface area (Å²) in [6.45, 7) is 3.61. The van der Waals surface area contributed by atoms with Crippen molar-refractivity contribution in [3.8, 4) is 5.75 Å². The predicted molar refractivity (Wildman–Crippen MR) is 78.4 cm³/mol. The van der Waals surface area contributed by atoms with Crippen LogP contribution in [0.15, 0.2) is 28.7 Å². The number of Topliss-reactive ketones (excluding diaryl/α,β-unsaturated/α-hetero) is 1. The molecule has 2 rings (SSSR count). The minimum Gasteiger partial charge on any atom is -0.497 e. The fourth-order valence-corrected chi connectivity index (χ4v) is 2.05. The lowest BCUT2D eigenvalue weighted by molar-refractivity contribution is -0.117. The van der Waals surface area contributed by atoms with Gasteiger partial charge in [0.05, 0.1) is 7.11 Å². The Kier molecular flexibility index (Phi) is 5.09. The molecule has 0 aliphatic carbocycles. The van der Waals surface area contributed by atoms with Crippen molar-refractivity contribution < 1.29 is 13.9 Å². The van der Waals surface area contributed by atoms with Crippen LogP contribution < -0.4 is 4.74 Å². The Labute approximate surface area is 124 Å². The molecule has 0 saturated carbocycles. The molecule has 2 aromatic rings. The number of carbonyl (C=O) groups is 1. The molecule has 0 spiro atoms. The SMILES string of the molecule is COc1ccc(C[C@H](C)c2nnc(CCC(C)=O)o2)cc1. The van der Waals surface area contributed by atoms with Gasteiger partial charge in [0.15, 0.2) is 0 Å². The largest absolute Gasteiger partial charge is 0.497 e. The molecule has 0 N–H and O–H groups in total. The van der Waals surface area contributed by atoms with Crippen molar-refractivity contribution in [1.29, 1.82) is 0 Å². The molecule has 1 aromatic heterocycles. The summed E-state index contributed by atoms with van der Waals surface area (Å²) >= 11 is 0. The fourth-order valence-electron chi connectivity index (χ4n) is 2.05. The zero-order valence-corrected chi connectivity index (χ0v) is 12.6. The molecule has 0 aliphatic heterocycles. The first-order valence-corrected chi connectivity index (χ1v) is 7.03. The minimum atomic E-state index is 0.126. The number of hydrogen-bond acceptors (Lipinski definition) is 5. The van der Waals surface area contributed by atoms with E-state index in [1.807, 2.05) is 31.2 Å². The molecule has 0 saturated heterocycles. The molecule has 1 atom stereocenters. The van der Waals surface area contributed by atoms with E-state index in [-0.39, 0.29) is 11.7 Å². The number of aromatic nitrogens is 2. The van der Waals surface area contributed by atoms with Gasteiger partial charge in [0.2, 0.25) is 11.8 Å². The molecule has 1 aromatic carbocycles. The molecule has 0 radical (unpaired) electrons. The monoisotopic (exact) mass is 288 g/mol. The quantitative estimate of drug-likeness (QED) is 0.783. The van der Waals surface area contributed by atoms with Crippen LogP contribution >= 0.6 is 0 Å². The zero-order valence-electron chi connectivity index (χ0n) is 12.6. The van der Waals surface area contributed by atoms with Gasteiger partial charge in [-0.15, -0.1) is 10.2 Å². The van der Waals surface area contributed by atoms with Crippen molar-refractivity contribution in [3.63, 3.8) is 0 Å². The number of ether oxygens (including phenoxy) is 1. The maximum absolute atomic E-state index is 11.0. The highest BCUT2D eigenvalue weighted by Gasteiger charge is 2.15. The van der Waals surface area contributed by atoms with E-state index in [0.29, 0.717) is 24.6 Å². The van der Waals surface area contributed by atoms with E-state index >= 15 is 0 Å². The highest BCUT2D eigenvalue weighted by Crippen LogP contribution is 2.21. The number of benzene rings is 1. The Bertz CT molecular complexity index is 590. The van der Waals surface area contributed by atoms with Crippen LogP contribution in [0.5, 0.6) is 5.75 Å². The third-order valence-corrected chi connectivity index (χ3v) is 3.30. The van der Waals surface area contributed by atoms with Crippen LogP contribution in [0.2, 0.25) is 0 Å². The fraction of sp³-hybridized carbons (Fsp3) is 0.438. The number of hydrogen-bond donors (Lipinski definition) is 0. The lowest BCUT2D eigenvalue weighted by atomic mass is 10.0. The molecule has 1 heterocycles. The van der Waals surface area contributed by atoms with Crippen molar-refractivity contribution >= 4 is 5.78 Å². The second kappa shape index (κ2) is 7.02. The molecule has 21 heavy (non-hydrogen) atoms. The van der Waals surface area contributed by atoms with Crippen molar-refractivity contribution in [2.75, 3.05) is 7.11 Å². The summed E-state index contributed by atoms with van der Waals surface area (Å²) in [7, 11) is 1.65. The Hall–Kier alpha value is -2.17. The van der Waals surface area contributed by atoms with Gasteiger partial charge in [-0.25, -0.2) is 0 Å². The van der Waals surface area contributed by atoms with Gasteiger partial charge < -0.3 is 13.9 Å². The van der Waals surface area contributed by atoms with Crippen LogP contribution in [-0.4, -0.2) is 23.1 Å². The van der Waals surface area contributed by atoms with E-state index in [1.165, 1.54) is 5.56 Å². The van der Waals surface area contributed by atoms with Crippen molar-refractivity contribution in [2.24, 2.45) is 0 Å². The first-order valence-electron chi connectivity index (χ1n) is 7.03. The van der Waals surface area contributed by atoms with Gasteiger partial charge in [0, 0.05) is 18.8 Å². The number of nitrogens with zero attached hydrogens (tertiary/aromatic N) is 2. The van der Waals surface area contributed by atoms with Gasteiger partial charge in [0.1, 0.15) is 11.5 Å². The average molecular weight is 288 g/mol. The number of methoxy groups -OCH3 is 1. The maximum atomic E-state index is 11.0. The Morgan fingerprint density at radius 1 is 1.29 bits per heavy atom. The summed E-state index contributed by atoms with van der Waals surface area (Å²) < 4.78 is 10.8. The number of rotatable bonds is 7. The van der Waals surface area contributed by atoms with E-state index < -0.39 is 0 Å². The van der Waals surface area contributed by atoms with Gasteiger partial charge in [-0.05, 0) is 31.0 Å². The smallest absolute Gasteiger partial charge is 0.219 e. The second-order valence-electron chi connectivity index (χ2n) is 5.19. The molecule has 112 valence electrons. The van der Waals surface area contributed by atoms with Gasteiger partial charge in [0.25, 0.3) is 0 Å². The number of aryl methyl sites for hydroxylation is 1. The normalized spacial score (nSPS) is 12.1. The third-order valence-electron chi connectivity index (χ3n) is 3.30. The van der Waals surface area contributed by atoms with Crippen LogP contribution in [0.3, 0.4) is 0 Å². The molecule has 0 unspecified atom stereocenters. The minimum absolute atomic E-state index is 0.126. The van der Waals surface area contributed by atoms with E-state index in [4.69, 9.17) is 9.15 Å². The van der Waals surface area contributed by atoms with Gasteiger partial charge in [-0.3, -0.25) is 0 Å². The number of ketones is 1. The first kappa shape index (κ1) is 15.2. The van der Waals surface area contributed by atoms with E-state index in [9.17, 15) is 4.79 Å². The Morgan fingerprint density at radius 3 is 2.62 bits per heavy atom. The van der Waals surface area contributed by atoms with Gasteiger partial charge in [-0.1, -0.05) is 19.1 Å². The van der Waals surface area contributed by atoms with Crippen molar-refractivity contribution in [3.05, 3.63) is 41.6 Å². The topological polar surface area (TPSA) is 65.2 Å². The van der Waals surface area contributed by atoms with Gasteiger partial charge in [-0.2, -0.15) is 0 Å². The predicted octanol–water partition coefficient (Wildman–Crippen LogP) is 2.95. The highest BCUT2D eigenvalue weighted by atomic mass is 16.5. The standard InChI is InChI=1S/C16H20N2O3/c1-11(10-13-5-7-14(20-3)8-6-13)16-18-17-15(21-16)9-4-12(2)19/h5-8,11H,4,9-10H2,1-3H3/t11-/m0/s1. The van der Waals surface area contributed by atoms with Crippen LogP contribution in [-0.2, 0) is 17.6 Å². The Morgan fingerprint density at radius 2 is 2.00 bits per heavy atom. The molecule has 5 nitrogen and oxygen atoms in total. The number of carbonyl (C=O) groups excluding carboxylic acids is 1.